The number of nitrogens with one attached hydrogen (secondary N) is 1. The van der Waals surface area contributed by atoms with Gasteiger partial charge >= 0.3 is 0 Å². The lowest BCUT2D eigenvalue weighted by molar-refractivity contribution is 0.0431. The number of hydrogen-bond acceptors (Lipinski definition) is 4. The summed E-state index contributed by atoms with van der Waals surface area (Å²) in [5, 5.41) is 10.8. The summed E-state index contributed by atoms with van der Waals surface area (Å²) in [6.07, 6.45) is 5.91. The van der Waals surface area contributed by atoms with Gasteiger partial charge in [0.25, 0.3) is 0 Å². The van der Waals surface area contributed by atoms with Gasteiger partial charge in [-0.3, -0.25) is 0 Å². The maximum Gasteiger partial charge on any atom is 0.0979 e. The van der Waals surface area contributed by atoms with Crippen molar-refractivity contribution >= 4 is 0 Å². The van der Waals surface area contributed by atoms with Crippen LogP contribution in [0.2, 0.25) is 0 Å². The van der Waals surface area contributed by atoms with Gasteiger partial charge in [-0.05, 0) is 47.5 Å². The number of nitrogens with zero attached hydrogens (tertiary/aromatic N) is 4. The topological polar surface area (TPSA) is 46.0 Å². The molecule has 1 aromatic rings. The first-order chi connectivity index (χ1) is 8.88. The van der Waals surface area contributed by atoms with Crippen molar-refractivity contribution in [3.8, 4) is 0 Å². The van der Waals surface area contributed by atoms with E-state index in [0.717, 1.165) is 12.2 Å². The monoisotopic (exact) mass is 265 g/mol. The van der Waals surface area contributed by atoms with E-state index in [1.54, 1.807) is 0 Å². The Morgan fingerprint density at radius 3 is 2.42 bits per heavy atom. The summed E-state index contributed by atoms with van der Waals surface area (Å²) in [4.78, 5) is 0. The molecule has 2 unspecified atom stereocenters. The van der Waals surface area contributed by atoms with Crippen LogP contribution >= 0.6 is 0 Å². The Kier molecular flexibility index (Phi) is 4.26. The molecular weight excluding hydrogens is 238 g/mol. The Bertz CT molecular complexity index is 396. The van der Waals surface area contributed by atoms with Gasteiger partial charge in [-0.2, -0.15) is 0 Å². The van der Waals surface area contributed by atoms with E-state index in [4.69, 9.17) is 0 Å². The molecule has 0 aromatic carbocycles. The minimum Gasteiger partial charge on any atom is -0.249 e. The largest absolute Gasteiger partial charge is 0.249 e. The summed E-state index contributed by atoms with van der Waals surface area (Å²) in [5.74, 6) is 0. The second-order valence-electron chi connectivity index (χ2n) is 6.70. The molecule has 2 rings (SSSR count). The average Bonchev–Trinajstić information content (AvgIpc) is 2.77. The molecule has 0 saturated carbocycles. The van der Waals surface area contributed by atoms with Crippen LogP contribution in [0.4, 0.5) is 0 Å². The third-order valence-corrected chi connectivity index (χ3v) is 3.86. The van der Waals surface area contributed by atoms with Crippen LogP contribution in [0.25, 0.3) is 0 Å². The van der Waals surface area contributed by atoms with Crippen molar-refractivity contribution in [1.29, 1.82) is 0 Å². The molecule has 2 atom stereocenters. The highest BCUT2D eigenvalue weighted by molar-refractivity contribution is 4.94. The standard InChI is InChI=1S/C14H27N5/c1-11-7-6-8-12(2)19(11)15-9-13-10-18(17-16-13)14(3,4)5/h10-12,15H,6-9H2,1-5H3. The summed E-state index contributed by atoms with van der Waals surface area (Å²) >= 11 is 0. The minimum absolute atomic E-state index is 0.00302. The third kappa shape index (κ3) is 3.54. The summed E-state index contributed by atoms with van der Waals surface area (Å²) in [6.45, 7) is 11.7. The molecule has 0 aliphatic carbocycles. The van der Waals surface area contributed by atoms with Crippen LogP contribution in [-0.4, -0.2) is 32.1 Å². The molecule has 1 aliphatic heterocycles. The van der Waals surface area contributed by atoms with Gasteiger partial charge in [0.1, 0.15) is 0 Å². The van der Waals surface area contributed by atoms with Gasteiger partial charge in [0.15, 0.2) is 0 Å². The fraction of sp³-hybridized carbons (Fsp3) is 0.857. The second-order valence-corrected chi connectivity index (χ2v) is 6.70. The van der Waals surface area contributed by atoms with Gasteiger partial charge in [-0.1, -0.05) is 11.6 Å². The highest BCUT2D eigenvalue weighted by Gasteiger charge is 2.24. The van der Waals surface area contributed by atoms with E-state index in [2.05, 4.69) is 55.4 Å². The van der Waals surface area contributed by atoms with Crippen molar-refractivity contribution in [2.24, 2.45) is 0 Å². The molecule has 1 fully saturated rings. The molecule has 5 nitrogen and oxygen atoms in total. The zero-order valence-electron chi connectivity index (χ0n) is 12.8. The number of rotatable bonds is 3. The molecule has 2 heterocycles. The number of hydrogen-bond donors (Lipinski definition) is 1. The van der Waals surface area contributed by atoms with Crippen LogP contribution < -0.4 is 5.43 Å². The average molecular weight is 265 g/mol. The number of piperidine rings is 1. The first-order valence-electron chi connectivity index (χ1n) is 7.31. The first kappa shape index (κ1) is 14.5. The molecule has 1 saturated heterocycles. The lowest BCUT2D eigenvalue weighted by Crippen LogP contribution is -2.51. The SMILES string of the molecule is CC1CCCC(C)N1NCc1cn(C(C)(C)C)nn1. The maximum atomic E-state index is 4.24. The number of hydrazine groups is 1. The fourth-order valence-electron chi connectivity index (χ4n) is 2.61. The zero-order valence-corrected chi connectivity index (χ0v) is 12.8. The van der Waals surface area contributed by atoms with Crippen molar-refractivity contribution in [3.05, 3.63) is 11.9 Å². The van der Waals surface area contributed by atoms with Crippen LogP contribution in [0, 0.1) is 0 Å². The van der Waals surface area contributed by atoms with Gasteiger partial charge in [0, 0.05) is 12.1 Å². The molecular formula is C14H27N5. The lowest BCUT2D eigenvalue weighted by atomic mass is 10.00. The summed E-state index contributed by atoms with van der Waals surface area (Å²) < 4.78 is 1.92. The van der Waals surface area contributed by atoms with Gasteiger partial charge in [-0.15, -0.1) is 5.10 Å². The summed E-state index contributed by atoms with van der Waals surface area (Å²) in [7, 11) is 0. The van der Waals surface area contributed by atoms with E-state index in [-0.39, 0.29) is 5.54 Å². The zero-order chi connectivity index (χ0) is 14.0. The van der Waals surface area contributed by atoms with Crippen LogP contribution in [0.15, 0.2) is 6.20 Å². The molecule has 108 valence electrons. The van der Waals surface area contributed by atoms with Crippen LogP contribution in [-0.2, 0) is 12.1 Å². The third-order valence-electron chi connectivity index (χ3n) is 3.86. The van der Waals surface area contributed by atoms with E-state index in [0.29, 0.717) is 12.1 Å². The quantitative estimate of drug-likeness (QED) is 0.911. The molecule has 0 spiro atoms. The Labute approximate surface area is 116 Å². The molecule has 1 aromatic heterocycles. The van der Waals surface area contributed by atoms with E-state index in [1.165, 1.54) is 19.3 Å². The molecule has 1 N–H and O–H groups in total. The molecule has 0 bridgehead atoms. The summed E-state index contributed by atoms with van der Waals surface area (Å²) in [5.41, 5.74) is 4.52. The number of aromatic nitrogens is 3. The van der Waals surface area contributed by atoms with Crippen LogP contribution in [0.3, 0.4) is 0 Å². The van der Waals surface area contributed by atoms with Crippen LogP contribution in [0.1, 0.15) is 59.6 Å². The smallest absolute Gasteiger partial charge is 0.0979 e. The highest BCUT2D eigenvalue weighted by atomic mass is 15.5. The van der Waals surface area contributed by atoms with Gasteiger partial charge in [0.05, 0.1) is 24.0 Å². The van der Waals surface area contributed by atoms with E-state index >= 15 is 0 Å². The van der Waals surface area contributed by atoms with Crippen molar-refractivity contribution in [2.75, 3.05) is 0 Å². The van der Waals surface area contributed by atoms with Crippen molar-refractivity contribution in [2.45, 2.75) is 78.0 Å². The molecule has 0 amide bonds. The minimum atomic E-state index is -0.00302. The Hall–Kier alpha value is -0.940. The predicted molar refractivity (Wildman–Crippen MR) is 76.5 cm³/mol. The highest BCUT2D eigenvalue weighted by Crippen LogP contribution is 2.20. The van der Waals surface area contributed by atoms with Crippen molar-refractivity contribution in [3.63, 3.8) is 0 Å². The second kappa shape index (κ2) is 5.59. The molecule has 5 heteroatoms. The Balaban J connectivity index is 1.93. The van der Waals surface area contributed by atoms with Crippen molar-refractivity contribution in [1.82, 2.24) is 25.4 Å². The molecule has 1 aliphatic rings. The summed E-state index contributed by atoms with van der Waals surface area (Å²) in [6, 6.07) is 1.20. The van der Waals surface area contributed by atoms with Crippen LogP contribution in [0.5, 0.6) is 0 Å². The predicted octanol–water partition coefficient (Wildman–Crippen LogP) is 2.30. The van der Waals surface area contributed by atoms with Gasteiger partial charge in [0.2, 0.25) is 0 Å². The lowest BCUT2D eigenvalue weighted by Gasteiger charge is -2.38. The Morgan fingerprint density at radius 1 is 1.26 bits per heavy atom. The molecule has 19 heavy (non-hydrogen) atoms. The first-order valence-corrected chi connectivity index (χ1v) is 7.31. The van der Waals surface area contributed by atoms with Gasteiger partial charge in [-0.25, -0.2) is 15.1 Å². The van der Waals surface area contributed by atoms with E-state index < -0.39 is 0 Å². The van der Waals surface area contributed by atoms with Crippen molar-refractivity contribution < 1.29 is 0 Å². The fourth-order valence-corrected chi connectivity index (χ4v) is 2.61. The molecule has 0 radical (unpaired) electrons. The Morgan fingerprint density at radius 2 is 1.89 bits per heavy atom. The maximum absolute atomic E-state index is 4.24. The van der Waals surface area contributed by atoms with Gasteiger partial charge < -0.3 is 0 Å². The van der Waals surface area contributed by atoms with E-state index in [1.807, 2.05) is 10.9 Å². The van der Waals surface area contributed by atoms with E-state index in [9.17, 15) is 0 Å². The normalized spacial score (nSPS) is 25.7.